The zero-order chi connectivity index (χ0) is 10.0. The van der Waals surface area contributed by atoms with Gasteiger partial charge in [-0.1, -0.05) is 6.92 Å². The first-order valence-corrected chi connectivity index (χ1v) is 5.08. The van der Waals surface area contributed by atoms with Gasteiger partial charge >= 0.3 is 0 Å². The van der Waals surface area contributed by atoms with E-state index in [-0.39, 0.29) is 12.0 Å². The fraction of sp³-hybridized carbons (Fsp3) is 0.900. The van der Waals surface area contributed by atoms with Crippen molar-refractivity contribution in [2.45, 2.75) is 33.2 Å². The largest absolute Gasteiger partial charge is 0.339 e. The monoisotopic (exact) mass is 184 g/mol. The third-order valence-corrected chi connectivity index (χ3v) is 2.70. The Bertz CT molecular complexity index is 191. The number of amides is 1. The minimum Gasteiger partial charge on any atom is -0.339 e. The SMILES string of the molecule is CC1CC1C(=O)N(CCN)C(C)C. The van der Waals surface area contributed by atoms with Crippen LogP contribution in [0.15, 0.2) is 0 Å². The molecule has 13 heavy (non-hydrogen) atoms. The summed E-state index contributed by atoms with van der Waals surface area (Å²) in [7, 11) is 0. The topological polar surface area (TPSA) is 46.3 Å². The lowest BCUT2D eigenvalue weighted by molar-refractivity contribution is -0.134. The normalized spacial score (nSPS) is 26.2. The van der Waals surface area contributed by atoms with Gasteiger partial charge in [0.15, 0.2) is 0 Å². The lowest BCUT2D eigenvalue weighted by atomic mass is 10.2. The molecule has 0 aliphatic heterocycles. The van der Waals surface area contributed by atoms with Gasteiger partial charge in [-0.2, -0.15) is 0 Å². The van der Waals surface area contributed by atoms with E-state index in [1.807, 2.05) is 18.7 Å². The number of carbonyl (C=O) groups is 1. The second-order valence-corrected chi connectivity index (χ2v) is 4.23. The van der Waals surface area contributed by atoms with Gasteiger partial charge in [-0.3, -0.25) is 4.79 Å². The van der Waals surface area contributed by atoms with Crippen molar-refractivity contribution in [2.75, 3.05) is 13.1 Å². The van der Waals surface area contributed by atoms with Gasteiger partial charge in [0.25, 0.3) is 0 Å². The zero-order valence-electron chi connectivity index (χ0n) is 8.79. The van der Waals surface area contributed by atoms with E-state index < -0.39 is 0 Å². The van der Waals surface area contributed by atoms with Crippen molar-refractivity contribution in [1.29, 1.82) is 0 Å². The predicted molar refractivity (Wildman–Crippen MR) is 53.2 cm³/mol. The lowest BCUT2D eigenvalue weighted by Gasteiger charge is -2.26. The zero-order valence-corrected chi connectivity index (χ0v) is 8.79. The Morgan fingerprint density at radius 2 is 2.15 bits per heavy atom. The van der Waals surface area contributed by atoms with Crippen LogP contribution in [-0.2, 0) is 4.79 Å². The second-order valence-electron chi connectivity index (χ2n) is 4.23. The number of nitrogens with two attached hydrogens (primary N) is 1. The van der Waals surface area contributed by atoms with E-state index >= 15 is 0 Å². The highest BCUT2D eigenvalue weighted by Gasteiger charge is 2.41. The summed E-state index contributed by atoms with van der Waals surface area (Å²) in [6, 6.07) is 0.281. The molecule has 1 aliphatic rings. The van der Waals surface area contributed by atoms with E-state index in [2.05, 4.69) is 6.92 Å². The molecule has 0 aromatic rings. The molecule has 0 radical (unpaired) electrons. The molecule has 2 N–H and O–H groups in total. The number of nitrogens with zero attached hydrogens (tertiary/aromatic N) is 1. The number of carbonyl (C=O) groups excluding carboxylic acids is 1. The summed E-state index contributed by atoms with van der Waals surface area (Å²) in [5.41, 5.74) is 5.47. The Kier molecular flexibility index (Phi) is 3.31. The van der Waals surface area contributed by atoms with Gasteiger partial charge in [-0.25, -0.2) is 0 Å². The van der Waals surface area contributed by atoms with Crippen molar-refractivity contribution >= 4 is 5.91 Å². The van der Waals surface area contributed by atoms with Crippen molar-refractivity contribution in [1.82, 2.24) is 4.90 Å². The van der Waals surface area contributed by atoms with Crippen LogP contribution in [-0.4, -0.2) is 29.9 Å². The Balaban J connectivity index is 2.49. The fourth-order valence-electron chi connectivity index (χ4n) is 1.64. The van der Waals surface area contributed by atoms with Gasteiger partial charge in [-0.15, -0.1) is 0 Å². The standard InChI is InChI=1S/C10H20N2O/c1-7(2)12(5-4-11)10(13)9-6-8(9)3/h7-9H,4-6,11H2,1-3H3. The first-order chi connectivity index (χ1) is 6.07. The minimum absolute atomic E-state index is 0.281. The van der Waals surface area contributed by atoms with E-state index in [1.165, 1.54) is 0 Å². The summed E-state index contributed by atoms with van der Waals surface area (Å²) in [5.74, 6) is 1.17. The van der Waals surface area contributed by atoms with Crippen LogP contribution in [0.1, 0.15) is 27.2 Å². The molecule has 2 atom stereocenters. The molecular formula is C10H20N2O. The molecular weight excluding hydrogens is 164 g/mol. The molecule has 3 nitrogen and oxygen atoms in total. The maximum Gasteiger partial charge on any atom is 0.226 e. The van der Waals surface area contributed by atoms with Crippen molar-refractivity contribution in [2.24, 2.45) is 17.6 Å². The van der Waals surface area contributed by atoms with Crippen molar-refractivity contribution in [3.05, 3.63) is 0 Å². The highest BCUT2D eigenvalue weighted by Crippen LogP contribution is 2.39. The van der Waals surface area contributed by atoms with Gasteiger partial charge in [0.05, 0.1) is 0 Å². The second kappa shape index (κ2) is 4.09. The fourth-order valence-corrected chi connectivity index (χ4v) is 1.64. The molecule has 0 saturated heterocycles. The van der Waals surface area contributed by atoms with Crippen LogP contribution in [0.2, 0.25) is 0 Å². The molecule has 0 aromatic heterocycles. The van der Waals surface area contributed by atoms with Gasteiger partial charge in [0.2, 0.25) is 5.91 Å². The number of hydrogen-bond donors (Lipinski definition) is 1. The highest BCUT2D eigenvalue weighted by atomic mass is 16.2. The van der Waals surface area contributed by atoms with Crippen LogP contribution in [0.25, 0.3) is 0 Å². The molecule has 1 aliphatic carbocycles. The molecule has 76 valence electrons. The third-order valence-electron chi connectivity index (χ3n) is 2.70. The summed E-state index contributed by atoms with van der Waals surface area (Å²) in [5, 5.41) is 0. The van der Waals surface area contributed by atoms with E-state index in [1.54, 1.807) is 0 Å². The van der Waals surface area contributed by atoms with E-state index in [0.717, 1.165) is 6.42 Å². The average Bonchev–Trinajstić information content (AvgIpc) is 2.76. The maximum atomic E-state index is 11.8. The first-order valence-electron chi connectivity index (χ1n) is 5.08. The van der Waals surface area contributed by atoms with Gasteiger partial charge < -0.3 is 10.6 Å². The van der Waals surface area contributed by atoms with Crippen LogP contribution in [0.4, 0.5) is 0 Å². The van der Waals surface area contributed by atoms with Crippen LogP contribution in [0.5, 0.6) is 0 Å². The molecule has 0 aromatic carbocycles. The van der Waals surface area contributed by atoms with Crippen LogP contribution in [0.3, 0.4) is 0 Å². The average molecular weight is 184 g/mol. The van der Waals surface area contributed by atoms with Crippen molar-refractivity contribution in [3.8, 4) is 0 Å². The van der Waals surface area contributed by atoms with E-state index in [0.29, 0.717) is 24.9 Å². The molecule has 1 rings (SSSR count). The van der Waals surface area contributed by atoms with Gasteiger partial charge in [0, 0.05) is 25.0 Å². The summed E-state index contributed by atoms with van der Waals surface area (Å²) in [6.45, 7) is 7.47. The molecule has 3 heteroatoms. The molecule has 1 saturated carbocycles. The van der Waals surface area contributed by atoms with Crippen LogP contribution >= 0.6 is 0 Å². The van der Waals surface area contributed by atoms with Crippen molar-refractivity contribution in [3.63, 3.8) is 0 Å². The molecule has 0 spiro atoms. The molecule has 2 unspecified atom stereocenters. The van der Waals surface area contributed by atoms with E-state index in [9.17, 15) is 4.79 Å². The molecule has 1 amide bonds. The Hall–Kier alpha value is -0.570. The van der Waals surface area contributed by atoms with Gasteiger partial charge in [-0.05, 0) is 26.2 Å². The Labute approximate surface area is 80.3 Å². The first kappa shape index (κ1) is 10.5. The smallest absolute Gasteiger partial charge is 0.226 e. The third kappa shape index (κ3) is 2.44. The maximum absolute atomic E-state index is 11.8. The molecule has 0 bridgehead atoms. The summed E-state index contributed by atoms with van der Waals surface area (Å²) < 4.78 is 0. The highest BCUT2D eigenvalue weighted by molar-refractivity contribution is 5.81. The predicted octanol–water partition coefficient (Wildman–Crippen LogP) is 0.838. The van der Waals surface area contributed by atoms with E-state index in [4.69, 9.17) is 5.73 Å². The minimum atomic E-state index is 0.281. The van der Waals surface area contributed by atoms with Gasteiger partial charge in [0.1, 0.15) is 0 Å². The summed E-state index contributed by atoms with van der Waals surface area (Å²) in [6.07, 6.45) is 1.06. The summed E-state index contributed by atoms with van der Waals surface area (Å²) in [4.78, 5) is 13.7. The number of hydrogen-bond acceptors (Lipinski definition) is 2. The van der Waals surface area contributed by atoms with Crippen molar-refractivity contribution < 1.29 is 4.79 Å². The Morgan fingerprint density at radius 1 is 1.62 bits per heavy atom. The van der Waals surface area contributed by atoms with Crippen LogP contribution in [0, 0.1) is 11.8 Å². The number of rotatable bonds is 4. The molecule has 1 fully saturated rings. The quantitative estimate of drug-likeness (QED) is 0.703. The Morgan fingerprint density at radius 3 is 2.46 bits per heavy atom. The summed E-state index contributed by atoms with van der Waals surface area (Å²) >= 11 is 0. The molecule has 0 heterocycles. The van der Waals surface area contributed by atoms with Crippen LogP contribution < -0.4 is 5.73 Å². The lowest BCUT2D eigenvalue weighted by Crippen LogP contribution is -2.41.